The van der Waals surface area contributed by atoms with Crippen LogP contribution in [0.5, 0.6) is 11.5 Å². The highest BCUT2D eigenvalue weighted by Crippen LogP contribution is 2.40. The summed E-state index contributed by atoms with van der Waals surface area (Å²) in [4.78, 5) is 37.4. The van der Waals surface area contributed by atoms with Gasteiger partial charge in [0.15, 0.2) is 5.75 Å². The third kappa shape index (κ3) is 7.97. The van der Waals surface area contributed by atoms with Gasteiger partial charge in [-0.1, -0.05) is 12.1 Å². The molecule has 216 valence electrons. The van der Waals surface area contributed by atoms with Crippen LogP contribution in [0.15, 0.2) is 60.7 Å². The quantitative estimate of drug-likeness (QED) is 0.239. The van der Waals surface area contributed by atoms with E-state index in [-0.39, 0.29) is 24.5 Å². The minimum atomic E-state index is -1.17. The van der Waals surface area contributed by atoms with Crippen LogP contribution in [0, 0.1) is 12.7 Å². The summed E-state index contributed by atoms with van der Waals surface area (Å²) < 4.78 is 25.0. The Morgan fingerprint density at radius 3 is 2.56 bits per heavy atom. The van der Waals surface area contributed by atoms with Crippen molar-refractivity contribution in [3.05, 3.63) is 83.2 Å². The fourth-order valence-corrected chi connectivity index (χ4v) is 4.65. The van der Waals surface area contributed by atoms with Crippen LogP contribution < -0.4 is 19.7 Å². The average Bonchev–Trinajstić information content (AvgIpc) is 2.95. The third-order valence-electron chi connectivity index (χ3n) is 6.86. The lowest BCUT2D eigenvalue weighted by atomic mass is 10.0. The van der Waals surface area contributed by atoms with Crippen LogP contribution in [0.4, 0.5) is 15.8 Å². The number of rotatable bonds is 13. The molecule has 0 saturated carbocycles. The minimum absolute atomic E-state index is 0.0465. The van der Waals surface area contributed by atoms with Gasteiger partial charge in [-0.25, -0.2) is 9.18 Å². The number of halogens is 1. The van der Waals surface area contributed by atoms with E-state index in [1.54, 1.807) is 59.5 Å². The molecular formula is C31H33FN2O7. The van der Waals surface area contributed by atoms with E-state index >= 15 is 0 Å². The molecule has 3 aromatic carbocycles. The molecule has 10 heteroatoms. The van der Waals surface area contributed by atoms with Crippen molar-refractivity contribution in [2.45, 2.75) is 45.1 Å². The molecule has 1 heterocycles. The zero-order valence-electron chi connectivity index (χ0n) is 22.8. The topological polar surface area (TPSA) is 125 Å². The fraction of sp³-hybridized carbons (Fsp3) is 0.323. The molecule has 1 amide bonds. The van der Waals surface area contributed by atoms with E-state index in [0.717, 1.165) is 30.4 Å². The number of nitrogens with zero attached hydrogens (tertiary/aromatic N) is 1. The third-order valence-corrected chi connectivity index (χ3v) is 6.86. The lowest BCUT2D eigenvalue weighted by Crippen LogP contribution is -2.45. The number of aryl methyl sites for hydroxylation is 2. The molecule has 0 aliphatic carbocycles. The number of hydrogen-bond acceptors (Lipinski definition) is 6. The van der Waals surface area contributed by atoms with E-state index in [1.165, 1.54) is 6.07 Å². The van der Waals surface area contributed by atoms with Gasteiger partial charge in [-0.05, 0) is 92.3 Å². The van der Waals surface area contributed by atoms with Crippen molar-refractivity contribution in [2.75, 3.05) is 29.9 Å². The molecule has 9 nitrogen and oxygen atoms in total. The van der Waals surface area contributed by atoms with Crippen LogP contribution in [0.1, 0.15) is 47.2 Å². The van der Waals surface area contributed by atoms with Crippen molar-refractivity contribution < 1.29 is 38.5 Å². The van der Waals surface area contributed by atoms with Gasteiger partial charge in [0.05, 0.1) is 24.5 Å². The molecule has 0 fully saturated rings. The zero-order valence-corrected chi connectivity index (χ0v) is 22.8. The smallest absolute Gasteiger partial charge is 0.346 e. The van der Waals surface area contributed by atoms with Gasteiger partial charge < -0.3 is 29.9 Å². The standard InChI is InChI=1S/C31H33FN2O7/c1-20-10-13-23(32)18-22(20)6-2-3-17-40-24-14-11-21(12-15-24)30(37)33-25-7-4-8-26-29(25)41-27(31(38)39)19-34(26)16-5-9-28(35)36/h4,7-8,10-15,18,27H,2-3,5-6,9,16-17,19H2,1H3,(H,33,37)(H,35,36)(H,38,39)/t27-/m0/s1. The number of anilines is 2. The molecule has 0 bridgehead atoms. The molecule has 0 saturated heterocycles. The van der Waals surface area contributed by atoms with Crippen molar-refractivity contribution in [1.29, 1.82) is 0 Å². The molecule has 0 radical (unpaired) electrons. The van der Waals surface area contributed by atoms with Crippen LogP contribution >= 0.6 is 0 Å². The van der Waals surface area contributed by atoms with Gasteiger partial charge in [0, 0.05) is 18.5 Å². The molecular weight excluding hydrogens is 531 g/mol. The number of fused-ring (bicyclic) bond motifs is 1. The van der Waals surface area contributed by atoms with Crippen molar-refractivity contribution in [3.63, 3.8) is 0 Å². The Kier molecular flexibility index (Phi) is 9.78. The summed E-state index contributed by atoms with van der Waals surface area (Å²) in [6.45, 7) is 2.84. The van der Waals surface area contributed by atoms with Crippen LogP contribution in [0.25, 0.3) is 0 Å². The number of carboxylic acids is 2. The van der Waals surface area contributed by atoms with E-state index in [4.69, 9.17) is 14.6 Å². The minimum Gasteiger partial charge on any atom is -0.494 e. The number of amides is 1. The van der Waals surface area contributed by atoms with Crippen molar-refractivity contribution >= 4 is 29.2 Å². The Bertz CT molecular complexity index is 1390. The molecule has 1 aliphatic heterocycles. The summed E-state index contributed by atoms with van der Waals surface area (Å²) in [6, 6.07) is 16.6. The summed E-state index contributed by atoms with van der Waals surface area (Å²) in [5, 5.41) is 21.3. The fourth-order valence-electron chi connectivity index (χ4n) is 4.65. The van der Waals surface area contributed by atoms with Gasteiger partial charge >= 0.3 is 11.9 Å². The number of hydrogen-bond donors (Lipinski definition) is 3. The maximum absolute atomic E-state index is 13.5. The lowest BCUT2D eigenvalue weighted by molar-refractivity contribution is -0.145. The summed E-state index contributed by atoms with van der Waals surface area (Å²) >= 11 is 0. The van der Waals surface area contributed by atoms with E-state index in [1.807, 2.05) is 6.92 Å². The molecule has 1 atom stereocenters. The van der Waals surface area contributed by atoms with Gasteiger partial charge in [-0.3, -0.25) is 9.59 Å². The number of unbranched alkanes of at least 4 members (excludes halogenated alkanes) is 1. The number of benzene rings is 3. The highest BCUT2D eigenvalue weighted by Gasteiger charge is 2.32. The number of carbonyl (C=O) groups excluding carboxylic acids is 1. The first-order chi connectivity index (χ1) is 19.7. The van der Waals surface area contributed by atoms with E-state index < -0.39 is 23.9 Å². The van der Waals surface area contributed by atoms with E-state index in [0.29, 0.717) is 42.3 Å². The number of carboxylic acid groups (broad SMARTS) is 2. The van der Waals surface area contributed by atoms with Gasteiger partial charge in [0.25, 0.3) is 5.91 Å². The highest BCUT2D eigenvalue weighted by atomic mass is 19.1. The first-order valence-corrected chi connectivity index (χ1v) is 13.5. The summed E-state index contributed by atoms with van der Waals surface area (Å²) in [5.74, 6) is -1.88. The molecule has 4 rings (SSSR count). The summed E-state index contributed by atoms with van der Waals surface area (Å²) in [6.07, 6.45) is 1.54. The summed E-state index contributed by atoms with van der Waals surface area (Å²) in [7, 11) is 0. The van der Waals surface area contributed by atoms with E-state index in [9.17, 15) is 23.9 Å². The molecule has 41 heavy (non-hydrogen) atoms. The molecule has 0 aromatic heterocycles. The molecule has 0 unspecified atom stereocenters. The Labute approximate surface area is 237 Å². The van der Waals surface area contributed by atoms with Crippen LogP contribution in [0.3, 0.4) is 0 Å². The van der Waals surface area contributed by atoms with Crippen LogP contribution in [-0.2, 0) is 16.0 Å². The van der Waals surface area contributed by atoms with Crippen molar-refractivity contribution in [2.24, 2.45) is 0 Å². The Balaban J connectivity index is 1.34. The second-order valence-electron chi connectivity index (χ2n) is 9.90. The molecule has 3 N–H and O–H groups in total. The monoisotopic (exact) mass is 564 g/mol. The Morgan fingerprint density at radius 1 is 1.05 bits per heavy atom. The number of para-hydroxylation sites is 1. The molecule has 1 aliphatic rings. The molecule has 3 aromatic rings. The first-order valence-electron chi connectivity index (χ1n) is 13.5. The van der Waals surface area contributed by atoms with Gasteiger partial charge in [0.2, 0.25) is 6.10 Å². The van der Waals surface area contributed by atoms with Crippen LogP contribution in [-0.4, -0.2) is 53.9 Å². The number of aliphatic carboxylic acids is 2. The Hall–Kier alpha value is -4.60. The zero-order chi connectivity index (χ0) is 29.4. The Morgan fingerprint density at radius 2 is 1.83 bits per heavy atom. The predicted molar refractivity (Wildman–Crippen MR) is 152 cm³/mol. The maximum atomic E-state index is 13.5. The second-order valence-corrected chi connectivity index (χ2v) is 9.90. The predicted octanol–water partition coefficient (Wildman–Crippen LogP) is 5.30. The number of nitrogens with one attached hydrogen (secondary N) is 1. The van der Waals surface area contributed by atoms with Gasteiger partial charge in [0.1, 0.15) is 11.6 Å². The van der Waals surface area contributed by atoms with Crippen molar-refractivity contribution in [1.82, 2.24) is 0 Å². The maximum Gasteiger partial charge on any atom is 0.346 e. The average molecular weight is 565 g/mol. The molecule has 0 spiro atoms. The number of ether oxygens (including phenoxy) is 2. The van der Waals surface area contributed by atoms with Crippen LogP contribution in [0.2, 0.25) is 0 Å². The number of carbonyl (C=O) groups is 3. The van der Waals surface area contributed by atoms with Gasteiger partial charge in [-0.2, -0.15) is 0 Å². The lowest BCUT2D eigenvalue weighted by Gasteiger charge is -2.35. The second kappa shape index (κ2) is 13.6. The van der Waals surface area contributed by atoms with Gasteiger partial charge in [-0.15, -0.1) is 0 Å². The SMILES string of the molecule is Cc1ccc(F)cc1CCCCOc1ccc(C(=O)Nc2cccc3c2O[C@H](C(=O)O)CN3CCCC(=O)O)cc1. The normalized spacial score (nSPS) is 14.1. The van der Waals surface area contributed by atoms with E-state index in [2.05, 4.69) is 5.32 Å². The summed E-state index contributed by atoms with van der Waals surface area (Å²) in [5.41, 5.74) is 3.34. The highest BCUT2D eigenvalue weighted by molar-refractivity contribution is 6.05. The largest absolute Gasteiger partial charge is 0.494 e. The first kappa shape index (κ1) is 29.4. The van der Waals surface area contributed by atoms with Crippen molar-refractivity contribution in [3.8, 4) is 11.5 Å².